The Morgan fingerprint density at radius 1 is 1.25 bits per heavy atom. The fourth-order valence-corrected chi connectivity index (χ4v) is 3.70. The van der Waals surface area contributed by atoms with Gasteiger partial charge in [-0.3, -0.25) is 4.57 Å². The maximum absolute atomic E-state index is 5.41. The largest absolute Gasteiger partial charge is 0.461 e. The zero-order chi connectivity index (χ0) is 16.4. The van der Waals surface area contributed by atoms with Gasteiger partial charge in [0.05, 0.1) is 16.9 Å². The highest BCUT2D eigenvalue weighted by molar-refractivity contribution is 7.98. The third-order valence-corrected chi connectivity index (χ3v) is 5.13. The monoisotopic (exact) mass is 359 g/mol. The van der Waals surface area contributed by atoms with Gasteiger partial charge in [0.2, 0.25) is 11.7 Å². The molecule has 4 heterocycles. The van der Waals surface area contributed by atoms with Crippen LogP contribution >= 0.6 is 23.1 Å². The Bertz CT molecular complexity index is 912. The number of thiophene rings is 1. The quantitative estimate of drug-likeness (QED) is 0.482. The molecule has 4 aromatic rings. The van der Waals surface area contributed by atoms with Crippen molar-refractivity contribution in [3.63, 3.8) is 0 Å². The Hall–Kier alpha value is -2.39. The van der Waals surface area contributed by atoms with Crippen molar-refractivity contribution in [2.24, 2.45) is 0 Å². The summed E-state index contributed by atoms with van der Waals surface area (Å²) >= 11 is 3.09. The van der Waals surface area contributed by atoms with E-state index in [9.17, 15) is 0 Å². The molecule has 0 fully saturated rings. The molecule has 0 bridgehead atoms. The maximum Gasteiger partial charge on any atom is 0.237 e. The van der Waals surface area contributed by atoms with Gasteiger partial charge in [-0.25, -0.2) is 0 Å². The van der Waals surface area contributed by atoms with Gasteiger partial charge in [-0.05, 0) is 30.5 Å². The lowest BCUT2D eigenvalue weighted by Crippen LogP contribution is -1.99. The Morgan fingerprint density at radius 3 is 2.96 bits per heavy atom. The van der Waals surface area contributed by atoms with E-state index in [1.165, 1.54) is 11.8 Å². The lowest BCUT2D eigenvalue weighted by molar-refractivity contribution is 0.391. The summed E-state index contributed by atoms with van der Waals surface area (Å²) in [5.74, 6) is 3.14. The van der Waals surface area contributed by atoms with Crippen LogP contribution < -0.4 is 0 Å². The molecule has 0 atom stereocenters. The zero-order valence-corrected chi connectivity index (χ0v) is 14.4. The molecule has 0 aliphatic heterocycles. The summed E-state index contributed by atoms with van der Waals surface area (Å²) in [6.07, 6.45) is 1.63. The van der Waals surface area contributed by atoms with E-state index in [0.717, 1.165) is 22.4 Å². The maximum atomic E-state index is 5.41. The lowest BCUT2D eigenvalue weighted by Gasteiger charge is -2.04. The molecule has 0 unspecified atom stereocenters. The van der Waals surface area contributed by atoms with Crippen LogP contribution in [0.5, 0.6) is 0 Å². The minimum absolute atomic E-state index is 0.536. The van der Waals surface area contributed by atoms with Crippen molar-refractivity contribution in [3.05, 3.63) is 41.8 Å². The Kier molecular flexibility index (Phi) is 4.18. The van der Waals surface area contributed by atoms with Crippen molar-refractivity contribution in [3.8, 4) is 22.3 Å². The summed E-state index contributed by atoms with van der Waals surface area (Å²) in [5, 5.41) is 15.3. The number of furan rings is 1. The number of hydrogen-bond donors (Lipinski definition) is 0. The van der Waals surface area contributed by atoms with Crippen LogP contribution in [0.4, 0.5) is 0 Å². The smallest absolute Gasteiger partial charge is 0.237 e. The van der Waals surface area contributed by atoms with Crippen LogP contribution in [-0.2, 0) is 12.3 Å². The fraction of sp³-hybridized carbons (Fsp3) is 0.200. The molecular weight excluding hydrogens is 346 g/mol. The van der Waals surface area contributed by atoms with E-state index in [0.29, 0.717) is 23.2 Å². The van der Waals surface area contributed by atoms with Crippen molar-refractivity contribution in [2.45, 2.75) is 24.4 Å². The summed E-state index contributed by atoms with van der Waals surface area (Å²) in [7, 11) is 0. The summed E-state index contributed by atoms with van der Waals surface area (Å²) in [6.45, 7) is 2.79. The third kappa shape index (κ3) is 2.87. The summed E-state index contributed by atoms with van der Waals surface area (Å²) in [6, 6.07) is 7.64. The van der Waals surface area contributed by atoms with Crippen molar-refractivity contribution in [2.75, 3.05) is 0 Å². The summed E-state index contributed by atoms with van der Waals surface area (Å²) in [4.78, 5) is 5.41. The molecule has 0 aliphatic rings. The number of thioether (sulfide) groups is 1. The average molecular weight is 359 g/mol. The van der Waals surface area contributed by atoms with Gasteiger partial charge in [0, 0.05) is 6.54 Å². The first-order valence-electron chi connectivity index (χ1n) is 7.31. The molecule has 0 N–H and O–H groups in total. The summed E-state index contributed by atoms with van der Waals surface area (Å²) in [5.41, 5.74) is 0. The van der Waals surface area contributed by atoms with Gasteiger partial charge in [-0.2, -0.15) is 4.98 Å². The number of hydrogen-bond acceptors (Lipinski definition) is 8. The molecule has 0 spiro atoms. The number of rotatable bonds is 6. The molecule has 0 saturated carbocycles. The Labute approximate surface area is 145 Å². The van der Waals surface area contributed by atoms with E-state index in [4.69, 9.17) is 8.94 Å². The first kappa shape index (κ1) is 15.2. The molecule has 4 rings (SSSR count). The molecule has 4 aromatic heterocycles. The molecule has 0 saturated heterocycles. The molecule has 122 valence electrons. The molecule has 7 nitrogen and oxygen atoms in total. The molecular formula is C15H13N5O2S2. The summed E-state index contributed by atoms with van der Waals surface area (Å²) < 4.78 is 12.7. The van der Waals surface area contributed by atoms with Crippen LogP contribution in [0, 0.1) is 0 Å². The molecule has 9 heteroatoms. The zero-order valence-electron chi connectivity index (χ0n) is 12.7. The van der Waals surface area contributed by atoms with Gasteiger partial charge < -0.3 is 8.94 Å². The fourth-order valence-electron chi connectivity index (χ4n) is 2.21. The normalized spacial score (nSPS) is 11.2. The molecule has 0 amide bonds. The van der Waals surface area contributed by atoms with E-state index in [2.05, 4.69) is 20.3 Å². The first-order chi connectivity index (χ1) is 11.8. The Balaban J connectivity index is 1.50. The SMILES string of the molecule is CCn1c(SCc2nc(-c3cccs3)no2)nnc1-c1ccco1. The minimum Gasteiger partial charge on any atom is -0.461 e. The number of aromatic nitrogens is 5. The highest BCUT2D eigenvalue weighted by Gasteiger charge is 2.16. The van der Waals surface area contributed by atoms with Gasteiger partial charge in [0.15, 0.2) is 16.7 Å². The van der Waals surface area contributed by atoms with Crippen LogP contribution in [0.15, 0.2) is 50.0 Å². The van der Waals surface area contributed by atoms with Crippen LogP contribution in [-0.4, -0.2) is 24.9 Å². The van der Waals surface area contributed by atoms with Crippen LogP contribution in [0.25, 0.3) is 22.3 Å². The van der Waals surface area contributed by atoms with Gasteiger partial charge >= 0.3 is 0 Å². The molecule has 0 aliphatic carbocycles. The predicted octanol–water partition coefficient (Wildman–Crippen LogP) is 3.96. The molecule has 24 heavy (non-hydrogen) atoms. The van der Waals surface area contributed by atoms with Crippen molar-refractivity contribution >= 4 is 23.1 Å². The van der Waals surface area contributed by atoms with Gasteiger partial charge in [-0.1, -0.05) is 23.0 Å². The van der Waals surface area contributed by atoms with Crippen molar-refractivity contribution in [1.82, 2.24) is 24.9 Å². The van der Waals surface area contributed by atoms with Crippen molar-refractivity contribution < 1.29 is 8.94 Å². The topological polar surface area (TPSA) is 82.8 Å². The van der Waals surface area contributed by atoms with E-state index >= 15 is 0 Å². The first-order valence-corrected chi connectivity index (χ1v) is 9.18. The second-order valence-electron chi connectivity index (χ2n) is 4.81. The molecule has 0 aromatic carbocycles. The number of nitrogens with zero attached hydrogens (tertiary/aromatic N) is 5. The van der Waals surface area contributed by atoms with Crippen LogP contribution in [0.2, 0.25) is 0 Å². The lowest BCUT2D eigenvalue weighted by atomic mass is 10.4. The Morgan fingerprint density at radius 2 is 2.21 bits per heavy atom. The van der Waals surface area contributed by atoms with Crippen molar-refractivity contribution in [1.29, 1.82) is 0 Å². The van der Waals surface area contributed by atoms with E-state index < -0.39 is 0 Å². The predicted molar refractivity (Wildman–Crippen MR) is 90.6 cm³/mol. The third-order valence-electron chi connectivity index (χ3n) is 3.31. The molecule has 0 radical (unpaired) electrons. The van der Waals surface area contributed by atoms with E-state index in [1.54, 1.807) is 17.6 Å². The highest BCUT2D eigenvalue weighted by Crippen LogP contribution is 2.27. The second-order valence-corrected chi connectivity index (χ2v) is 6.70. The van der Waals surface area contributed by atoms with Gasteiger partial charge in [0.1, 0.15) is 0 Å². The van der Waals surface area contributed by atoms with Gasteiger partial charge in [0.25, 0.3) is 0 Å². The minimum atomic E-state index is 0.536. The highest BCUT2D eigenvalue weighted by atomic mass is 32.2. The van der Waals surface area contributed by atoms with Crippen LogP contribution in [0.1, 0.15) is 12.8 Å². The van der Waals surface area contributed by atoms with Gasteiger partial charge in [-0.15, -0.1) is 21.5 Å². The average Bonchev–Trinajstić information content (AvgIpc) is 3.40. The van der Waals surface area contributed by atoms with Crippen LogP contribution in [0.3, 0.4) is 0 Å². The second kappa shape index (κ2) is 6.62. The standard InChI is InChI=1S/C15H13N5O2S2/c1-2-20-14(10-5-3-7-21-10)17-18-15(20)24-9-12-16-13(19-22-12)11-6-4-8-23-11/h3-8H,2,9H2,1H3. The van der Waals surface area contributed by atoms with E-state index in [-0.39, 0.29) is 0 Å². The van der Waals surface area contributed by atoms with E-state index in [1.807, 2.05) is 41.1 Å².